The van der Waals surface area contributed by atoms with Gasteiger partial charge in [0.1, 0.15) is 11.7 Å². The van der Waals surface area contributed by atoms with Crippen LogP contribution in [0, 0.1) is 0 Å². The zero-order valence-electron chi connectivity index (χ0n) is 42.9. The van der Waals surface area contributed by atoms with E-state index in [4.69, 9.17) is 4.79 Å². The van der Waals surface area contributed by atoms with Crippen LogP contribution in [0.4, 0.5) is 0 Å². The Balaban J connectivity index is 0.0000101. The predicted octanol–water partition coefficient (Wildman–Crippen LogP) is 20.0. The van der Waals surface area contributed by atoms with Crippen LogP contribution in [-0.4, -0.2) is 19.8 Å². The minimum Gasteiger partial charge on any atom is -0.307 e. The number of unbranched alkanes of at least 4 members (excludes halogenated alkanes) is 39. The van der Waals surface area contributed by atoms with Crippen LogP contribution in [0.1, 0.15) is 307 Å². The van der Waals surface area contributed by atoms with Crippen LogP contribution < -0.4 is 0 Å². The van der Waals surface area contributed by atoms with E-state index in [9.17, 15) is 13.0 Å². The molecular weight excluding hydrogens is 805 g/mol. The maximum absolute atomic E-state index is 13.3. The zero-order chi connectivity index (χ0) is 46.6. The molecule has 0 saturated carbocycles. The monoisotopic (exact) mass is 911 g/mol. The van der Waals surface area contributed by atoms with E-state index in [0.29, 0.717) is 0 Å². The summed E-state index contributed by atoms with van der Waals surface area (Å²) in [7, 11) is -4.38. The number of benzene rings is 2. The molecule has 0 bridgehead atoms. The maximum atomic E-state index is 13.3. The van der Waals surface area contributed by atoms with E-state index in [-0.39, 0.29) is 4.90 Å². The summed E-state index contributed by atoms with van der Waals surface area (Å²) in [6, 6.07) is 8.11. The van der Waals surface area contributed by atoms with Gasteiger partial charge in [-0.1, -0.05) is 295 Å². The molecule has 0 aliphatic heterocycles. The van der Waals surface area contributed by atoms with Crippen molar-refractivity contribution in [3.63, 3.8) is 0 Å². The molecule has 0 fully saturated rings. The third kappa shape index (κ3) is 30.5. The highest BCUT2D eigenvalue weighted by molar-refractivity contribution is 7.86. The third-order valence-corrected chi connectivity index (χ3v) is 15.1. The van der Waals surface area contributed by atoms with Crippen LogP contribution in [0.2, 0.25) is 0 Å². The summed E-state index contributed by atoms with van der Waals surface area (Å²) < 4.78 is 37.5. The van der Waals surface area contributed by atoms with Crippen molar-refractivity contribution in [3.05, 3.63) is 41.0 Å². The maximum Gasteiger partial charge on any atom is 0.295 e. The first-order valence-electron chi connectivity index (χ1n) is 28.3. The molecule has 0 unspecified atom stereocenters. The number of carbonyl (C=O) groups excluding carboxylic acids is 1. The molecule has 1 N–H and O–H groups in total. The second-order valence-corrected chi connectivity index (χ2v) is 21.2. The number of hydrogen-bond donors (Lipinski definition) is 1. The van der Waals surface area contributed by atoms with Gasteiger partial charge in [-0.2, -0.15) is 8.42 Å². The van der Waals surface area contributed by atoms with Crippen LogP contribution in [0.5, 0.6) is 0 Å². The van der Waals surface area contributed by atoms with Gasteiger partial charge in [-0.15, -0.1) is 0 Å². The molecule has 0 atom stereocenters. The first-order chi connectivity index (χ1) is 31.5. The number of rotatable bonds is 46. The molecule has 0 aliphatic rings. The lowest BCUT2D eigenvalue weighted by Crippen LogP contribution is -2.12. The Labute approximate surface area is 399 Å². The van der Waals surface area contributed by atoms with Gasteiger partial charge in [0.25, 0.3) is 10.1 Å². The molecule has 2 aromatic rings. The smallest absolute Gasteiger partial charge is 0.295 e. The quantitative estimate of drug-likeness (QED) is 0.0531. The summed E-state index contributed by atoms with van der Waals surface area (Å²) in [5.74, 6) is 0. The molecule has 0 heterocycles. The van der Waals surface area contributed by atoms with Crippen molar-refractivity contribution in [2.75, 3.05) is 0 Å². The summed E-state index contributed by atoms with van der Waals surface area (Å²) in [5, 5.41) is 1.79. The topological polar surface area (TPSA) is 71.4 Å². The second-order valence-electron chi connectivity index (χ2n) is 19.8. The van der Waals surface area contributed by atoms with E-state index in [1.54, 1.807) is 0 Å². The Morgan fingerprint density at radius 3 is 0.812 bits per heavy atom. The van der Waals surface area contributed by atoms with Gasteiger partial charge in [0.2, 0.25) is 0 Å². The van der Waals surface area contributed by atoms with E-state index < -0.39 is 10.1 Å². The number of aryl methyl sites for hydroxylation is 1. The molecule has 2 rings (SSSR count). The molecule has 4 nitrogen and oxygen atoms in total. The van der Waals surface area contributed by atoms with Gasteiger partial charge in [0, 0.05) is 5.39 Å². The van der Waals surface area contributed by atoms with E-state index >= 15 is 0 Å². The van der Waals surface area contributed by atoms with Crippen molar-refractivity contribution in [2.24, 2.45) is 0 Å². The van der Waals surface area contributed by atoms with Crippen LogP contribution in [-0.2, 0) is 34.2 Å². The Morgan fingerprint density at radius 2 is 0.547 bits per heavy atom. The molecule has 0 saturated heterocycles. The minimum atomic E-state index is -4.38. The van der Waals surface area contributed by atoms with Crippen LogP contribution in [0.3, 0.4) is 0 Å². The lowest BCUT2D eigenvalue weighted by Gasteiger charge is -2.22. The van der Waals surface area contributed by atoms with Crippen molar-refractivity contribution in [1.82, 2.24) is 0 Å². The van der Waals surface area contributed by atoms with Crippen molar-refractivity contribution in [2.45, 2.75) is 315 Å². The van der Waals surface area contributed by atoms with Gasteiger partial charge < -0.3 is 4.79 Å². The summed E-state index contributed by atoms with van der Waals surface area (Å²) in [6.07, 6.45) is 58.7. The van der Waals surface area contributed by atoms with Crippen LogP contribution >= 0.6 is 0 Å². The summed E-state index contributed by atoms with van der Waals surface area (Å²) in [4.78, 5) is 8.22. The number of hydrogen-bond acceptors (Lipinski definition) is 3. The molecular formula is C59H106O4S. The first kappa shape index (κ1) is 60.3. The molecule has 0 amide bonds. The van der Waals surface area contributed by atoms with Gasteiger partial charge in [0.05, 0.1) is 0 Å². The largest absolute Gasteiger partial charge is 0.307 e. The van der Waals surface area contributed by atoms with Gasteiger partial charge in [-0.05, 0) is 60.6 Å². The van der Waals surface area contributed by atoms with Gasteiger partial charge in [-0.3, -0.25) is 4.55 Å². The highest BCUT2D eigenvalue weighted by Crippen LogP contribution is 2.37. The fraction of sp³-hybridized carbons (Fsp3) is 0.814. The van der Waals surface area contributed by atoms with Gasteiger partial charge >= 0.3 is 0 Å². The van der Waals surface area contributed by atoms with Crippen LogP contribution in [0.25, 0.3) is 10.8 Å². The molecule has 0 spiro atoms. The van der Waals surface area contributed by atoms with E-state index in [2.05, 4.69) is 32.9 Å². The third-order valence-electron chi connectivity index (χ3n) is 14.1. The average molecular weight is 912 g/mol. The fourth-order valence-corrected chi connectivity index (χ4v) is 11.2. The summed E-state index contributed by atoms with van der Waals surface area (Å²) >= 11 is 0. The van der Waals surface area contributed by atoms with E-state index in [0.717, 1.165) is 61.3 Å². The van der Waals surface area contributed by atoms with Crippen molar-refractivity contribution in [3.8, 4) is 0 Å². The highest BCUT2D eigenvalue weighted by Gasteiger charge is 2.25. The Morgan fingerprint density at radius 1 is 0.328 bits per heavy atom. The second kappa shape index (κ2) is 43.8. The number of fused-ring (bicyclic) bond motifs is 1. The van der Waals surface area contributed by atoms with Crippen LogP contribution in [0.15, 0.2) is 29.2 Å². The molecule has 0 radical (unpaired) electrons. The van der Waals surface area contributed by atoms with Crippen molar-refractivity contribution >= 4 is 27.7 Å². The lowest BCUT2D eigenvalue weighted by atomic mass is 9.86. The highest BCUT2D eigenvalue weighted by atomic mass is 32.2. The standard InChI is InChI=1S/C58H104O3S.CH2O/c1-4-7-10-13-16-19-22-25-28-31-34-37-40-43-48-53-54(49-44-41-38-35-32-29-26-23-20-17-14-11-8-5-2)56(58(62(59,60)61)57-52-47-46-50-55(53)57)51-45-42-39-36-33-30-27-24-21-18-15-12-9-6-3;1-2/h46-47,50,52H,4-45,48-49,51H2,1-3H3,(H,59,60,61);1H2. The summed E-state index contributed by atoms with van der Waals surface area (Å²) in [5.41, 5.74) is 3.59. The molecule has 2 aromatic carbocycles. The molecule has 0 aliphatic carbocycles. The Bertz CT molecular complexity index is 1430. The summed E-state index contributed by atoms with van der Waals surface area (Å²) in [6.45, 7) is 8.88. The van der Waals surface area contributed by atoms with Gasteiger partial charge in [0.15, 0.2) is 0 Å². The van der Waals surface area contributed by atoms with Gasteiger partial charge in [-0.25, -0.2) is 0 Å². The lowest BCUT2D eigenvalue weighted by molar-refractivity contribution is -0.0980. The average Bonchev–Trinajstić information content (AvgIpc) is 3.29. The van der Waals surface area contributed by atoms with Crippen molar-refractivity contribution < 1.29 is 17.8 Å². The fourth-order valence-electron chi connectivity index (χ4n) is 10.2. The first-order valence-corrected chi connectivity index (χ1v) is 29.7. The zero-order valence-corrected chi connectivity index (χ0v) is 43.7. The molecule has 64 heavy (non-hydrogen) atoms. The normalized spacial score (nSPS) is 11.7. The van der Waals surface area contributed by atoms with E-state index in [1.165, 1.54) is 255 Å². The van der Waals surface area contributed by atoms with E-state index in [1.807, 2.05) is 18.9 Å². The predicted molar refractivity (Wildman–Crippen MR) is 283 cm³/mol. The Hall–Kier alpha value is -1.72. The molecule has 5 heteroatoms. The number of carbonyl (C=O) groups is 1. The molecule has 372 valence electrons. The Kier molecular flexibility index (Phi) is 41.3. The molecule has 0 aromatic heterocycles. The SMILES string of the molecule is C=O.CCCCCCCCCCCCCCCCc1c(CCCCCCCCCCCCCCCC)c(S(=O)(=O)O)c2ccccc2c1CCCCCCCCCCCCCCCC. The minimum absolute atomic E-state index is 0.216. The van der Waals surface area contributed by atoms with Crippen molar-refractivity contribution in [1.29, 1.82) is 0 Å².